The van der Waals surface area contributed by atoms with Crippen molar-refractivity contribution >= 4 is 33.5 Å². The van der Waals surface area contributed by atoms with E-state index in [1.165, 1.54) is 23.0 Å². The molecule has 2 amide bonds. The van der Waals surface area contributed by atoms with Gasteiger partial charge in [-0.2, -0.15) is 14.6 Å². The average molecular weight is 539 g/mol. The molecule has 2 aromatic heterocycles. The molecule has 1 aliphatic rings. The normalized spacial score (nSPS) is 16.8. The Bertz CT molecular complexity index is 1470. The van der Waals surface area contributed by atoms with Gasteiger partial charge in [-0.15, -0.1) is 0 Å². The molecule has 2 heterocycles. The van der Waals surface area contributed by atoms with Gasteiger partial charge >= 0.3 is 0 Å². The Hall–Kier alpha value is -3.70. The summed E-state index contributed by atoms with van der Waals surface area (Å²) in [4.78, 5) is 34.3. The topological polar surface area (TPSA) is 122 Å². The molecule has 0 unspecified atom stereocenters. The maximum Gasteiger partial charge on any atom is 0.270 e. The van der Waals surface area contributed by atoms with E-state index < -0.39 is 24.0 Å². The summed E-state index contributed by atoms with van der Waals surface area (Å²) >= 11 is 3.42. The molecule has 9 nitrogen and oxygen atoms in total. The van der Waals surface area contributed by atoms with Gasteiger partial charge in [-0.3, -0.25) is 9.59 Å². The largest absolute Gasteiger partial charge is 0.390 e. The van der Waals surface area contributed by atoms with Crippen LogP contribution in [0.2, 0.25) is 0 Å². The highest BCUT2D eigenvalue weighted by atomic mass is 79.9. The van der Waals surface area contributed by atoms with Crippen LogP contribution in [0.4, 0.5) is 4.39 Å². The standard InChI is InChI=1S/C24H20BrFN6O3/c1-12-6-13(2-5-17(12)26)10-27-22(34)18-9-19(32-24(30-18)28-11-29-32)23(35)31-21-16-4-3-15(25)7-14(16)8-20(21)33/h2-7,9,11,20-21,33H,8,10H2,1H3,(H,27,34)(H,31,35)/t20-,21-/m1/s1. The van der Waals surface area contributed by atoms with Gasteiger partial charge in [-0.1, -0.05) is 34.1 Å². The summed E-state index contributed by atoms with van der Waals surface area (Å²) in [6.45, 7) is 1.80. The number of aryl methyl sites for hydroxylation is 1. The molecule has 2 atom stereocenters. The smallest absolute Gasteiger partial charge is 0.270 e. The van der Waals surface area contributed by atoms with Gasteiger partial charge in [0.1, 0.15) is 23.5 Å². The Kier molecular flexibility index (Phi) is 6.03. The summed E-state index contributed by atoms with van der Waals surface area (Å²) < 4.78 is 15.6. The molecule has 0 aliphatic heterocycles. The second-order valence-corrected chi connectivity index (χ2v) is 9.25. The van der Waals surface area contributed by atoms with Crippen LogP contribution in [-0.4, -0.2) is 42.6 Å². The van der Waals surface area contributed by atoms with Crippen LogP contribution >= 0.6 is 15.9 Å². The maximum absolute atomic E-state index is 13.5. The lowest BCUT2D eigenvalue weighted by Gasteiger charge is -2.18. The zero-order chi connectivity index (χ0) is 24.7. The fraction of sp³-hybridized carbons (Fsp3) is 0.208. The first kappa shape index (κ1) is 23.1. The van der Waals surface area contributed by atoms with Gasteiger partial charge < -0.3 is 15.7 Å². The van der Waals surface area contributed by atoms with E-state index in [9.17, 15) is 19.1 Å². The first-order chi connectivity index (χ1) is 16.8. The summed E-state index contributed by atoms with van der Waals surface area (Å²) in [7, 11) is 0. The average Bonchev–Trinajstić information content (AvgIpc) is 3.42. The lowest BCUT2D eigenvalue weighted by Crippen LogP contribution is -2.35. The minimum absolute atomic E-state index is 0.0224. The van der Waals surface area contributed by atoms with Crippen molar-refractivity contribution in [2.75, 3.05) is 0 Å². The number of halogens is 2. The summed E-state index contributed by atoms with van der Waals surface area (Å²) in [6.07, 6.45) is 0.850. The molecule has 0 bridgehead atoms. The van der Waals surface area contributed by atoms with Crippen LogP contribution in [0.15, 0.2) is 53.3 Å². The van der Waals surface area contributed by atoms with Crippen LogP contribution in [-0.2, 0) is 13.0 Å². The number of carbonyl (C=O) groups is 2. The molecule has 3 N–H and O–H groups in total. The van der Waals surface area contributed by atoms with E-state index in [0.29, 0.717) is 12.0 Å². The molecule has 2 aromatic carbocycles. The van der Waals surface area contributed by atoms with Crippen LogP contribution in [0.1, 0.15) is 49.3 Å². The SMILES string of the molecule is Cc1cc(CNC(=O)c2cc(C(=O)N[C@@H]3c4ccc(Br)cc4C[C@H]3O)n3ncnc3n2)ccc1F. The number of amides is 2. The van der Waals surface area contributed by atoms with Gasteiger partial charge in [-0.05, 0) is 47.4 Å². The Labute approximate surface area is 207 Å². The van der Waals surface area contributed by atoms with Gasteiger partial charge in [0.25, 0.3) is 17.6 Å². The van der Waals surface area contributed by atoms with Crippen molar-refractivity contribution in [3.8, 4) is 0 Å². The first-order valence-corrected chi connectivity index (χ1v) is 11.6. The van der Waals surface area contributed by atoms with Crippen molar-refractivity contribution in [2.45, 2.75) is 32.0 Å². The number of benzene rings is 2. The highest BCUT2D eigenvalue weighted by Crippen LogP contribution is 2.33. The van der Waals surface area contributed by atoms with Crippen LogP contribution in [0.3, 0.4) is 0 Å². The highest BCUT2D eigenvalue weighted by Gasteiger charge is 2.33. The minimum Gasteiger partial charge on any atom is -0.390 e. The fourth-order valence-corrected chi connectivity index (χ4v) is 4.58. The number of hydrogen-bond acceptors (Lipinski definition) is 6. The Morgan fingerprint density at radius 1 is 1.20 bits per heavy atom. The number of nitrogens with zero attached hydrogens (tertiary/aromatic N) is 4. The van der Waals surface area contributed by atoms with Gasteiger partial charge in [0.05, 0.1) is 12.1 Å². The molecule has 178 valence electrons. The Balaban J connectivity index is 1.39. The number of carbonyl (C=O) groups excluding carboxylic acids is 2. The van der Waals surface area contributed by atoms with E-state index in [1.54, 1.807) is 19.1 Å². The molecule has 1 aliphatic carbocycles. The van der Waals surface area contributed by atoms with Crippen molar-refractivity contribution in [1.82, 2.24) is 30.2 Å². The second-order valence-electron chi connectivity index (χ2n) is 8.33. The third kappa shape index (κ3) is 4.52. The van der Waals surface area contributed by atoms with Crippen molar-refractivity contribution in [3.05, 3.63) is 92.7 Å². The molecule has 0 radical (unpaired) electrons. The number of nitrogens with one attached hydrogen (secondary N) is 2. The van der Waals surface area contributed by atoms with Gasteiger partial charge in [0, 0.05) is 23.5 Å². The highest BCUT2D eigenvalue weighted by molar-refractivity contribution is 9.10. The molecular formula is C24H20BrFN6O3. The second kappa shape index (κ2) is 9.16. The molecule has 0 saturated carbocycles. The van der Waals surface area contributed by atoms with E-state index in [-0.39, 0.29) is 29.5 Å². The van der Waals surface area contributed by atoms with E-state index in [4.69, 9.17) is 0 Å². The molecule has 35 heavy (non-hydrogen) atoms. The van der Waals surface area contributed by atoms with Crippen LogP contribution < -0.4 is 10.6 Å². The summed E-state index contributed by atoms with van der Waals surface area (Å²) in [5.41, 5.74) is 2.99. The van der Waals surface area contributed by atoms with Crippen molar-refractivity contribution in [3.63, 3.8) is 0 Å². The van der Waals surface area contributed by atoms with E-state index >= 15 is 0 Å². The number of aliphatic hydroxyl groups excluding tert-OH is 1. The number of rotatable bonds is 5. The van der Waals surface area contributed by atoms with E-state index in [1.807, 2.05) is 18.2 Å². The fourth-order valence-electron chi connectivity index (χ4n) is 4.17. The third-order valence-electron chi connectivity index (χ3n) is 5.93. The van der Waals surface area contributed by atoms with Crippen LogP contribution in [0, 0.1) is 12.7 Å². The molecule has 0 fully saturated rings. The van der Waals surface area contributed by atoms with Crippen molar-refractivity contribution < 1.29 is 19.1 Å². The zero-order valence-corrected chi connectivity index (χ0v) is 20.1. The summed E-state index contributed by atoms with van der Waals surface area (Å²) in [5.74, 6) is -1.30. The summed E-state index contributed by atoms with van der Waals surface area (Å²) in [6, 6.07) is 10.9. The molecule has 5 rings (SSSR count). The lowest BCUT2D eigenvalue weighted by atomic mass is 10.1. The Morgan fingerprint density at radius 3 is 2.83 bits per heavy atom. The predicted molar refractivity (Wildman–Crippen MR) is 127 cm³/mol. The van der Waals surface area contributed by atoms with Gasteiger partial charge in [-0.25, -0.2) is 9.37 Å². The maximum atomic E-state index is 13.5. The zero-order valence-electron chi connectivity index (χ0n) is 18.5. The van der Waals surface area contributed by atoms with Gasteiger partial charge in [0.2, 0.25) is 0 Å². The Morgan fingerprint density at radius 2 is 2.03 bits per heavy atom. The molecule has 11 heteroatoms. The molecule has 0 spiro atoms. The number of fused-ring (bicyclic) bond motifs is 2. The number of aliphatic hydroxyl groups is 1. The first-order valence-electron chi connectivity index (χ1n) is 10.8. The van der Waals surface area contributed by atoms with Crippen molar-refractivity contribution in [2.24, 2.45) is 0 Å². The lowest BCUT2D eigenvalue weighted by molar-refractivity contribution is 0.0850. The minimum atomic E-state index is -0.793. The van der Waals surface area contributed by atoms with Gasteiger partial charge in [0.15, 0.2) is 0 Å². The number of hydrogen-bond donors (Lipinski definition) is 3. The molecule has 4 aromatic rings. The van der Waals surface area contributed by atoms with Crippen LogP contribution in [0.5, 0.6) is 0 Å². The van der Waals surface area contributed by atoms with E-state index in [0.717, 1.165) is 21.2 Å². The predicted octanol–water partition coefficient (Wildman–Crippen LogP) is 2.65. The quantitative estimate of drug-likeness (QED) is 0.359. The summed E-state index contributed by atoms with van der Waals surface area (Å²) in [5, 5.41) is 20.2. The third-order valence-corrected chi connectivity index (χ3v) is 6.43. The number of aromatic nitrogens is 4. The monoisotopic (exact) mass is 538 g/mol. The molecule has 0 saturated heterocycles. The van der Waals surface area contributed by atoms with Crippen LogP contribution in [0.25, 0.3) is 5.78 Å². The van der Waals surface area contributed by atoms with Crippen molar-refractivity contribution in [1.29, 1.82) is 0 Å². The molecular weight excluding hydrogens is 519 g/mol. The van der Waals surface area contributed by atoms with E-state index in [2.05, 4.69) is 41.6 Å².